The second kappa shape index (κ2) is 8.13. The Labute approximate surface area is 161 Å². The number of amides is 1. The van der Waals surface area contributed by atoms with Crippen LogP contribution in [0.4, 0.5) is 10.5 Å². The summed E-state index contributed by atoms with van der Waals surface area (Å²) < 4.78 is 5.77. The van der Waals surface area contributed by atoms with Gasteiger partial charge < -0.3 is 9.64 Å². The van der Waals surface area contributed by atoms with Crippen molar-refractivity contribution in [3.05, 3.63) is 54.6 Å². The van der Waals surface area contributed by atoms with E-state index in [0.29, 0.717) is 11.8 Å². The summed E-state index contributed by atoms with van der Waals surface area (Å²) in [6.07, 6.45) is 2.92. The number of hydrogen-bond donors (Lipinski definition) is 1. The molecule has 2 aromatic rings. The molecule has 4 rings (SSSR count). The van der Waals surface area contributed by atoms with E-state index in [2.05, 4.69) is 17.1 Å². The molecule has 1 aliphatic carbocycles. The molecule has 0 aromatic heterocycles. The Kier molecular flexibility index (Phi) is 5.44. The minimum Gasteiger partial charge on any atom is -0.446 e. The first-order valence-electron chi connectivity index (χ1n) is 10.1. The van der Waals surface area contributed by atoms with E-state index in [4.69, 9.17) is 4.74 Å². The minimum atomic E-state index is -0.339. The smallest absolute Gasteiger partial charge is 0.411 e. The van der Waals surface area contributed by atoms with Crippen molar-refractivity contribution in [1.29, 1.82) is 0 Å². The predicted molar refractivity (Wildman–Crippen MR) is 109 cm³/mol. The average molecular weight is 364 g/mol. The lowest BCUT2D eigenvalue weighted by Gasteiger charge is -2.19. The SMILES string of the molecule is CCCN1CC2CC(OC(=O)Nc3ccccc3-c3ccccc3)CC2C1. The summed E-state index contributed by atoms with van der Waals surface area (Å²) in [6, 6.07) is 18.0. The summed E-state index contributed by atoms with van der Waals surface area (Å²) >= 11 is 0. The highest BCUT2D eigenvalue weighted by atomic mass is 16.6. The zero-order valence-corrected chi connectivity index (χ0v) is 15.9. The molecule has 1 heterocycles. The maximum atomic E-state index is 12.5. The van der Waals surface area contributed by atoms with Crippen LogP contribution >= 0.6 is 0 Å². The first-order valence-corrected chi connectivity index (χ1v) is 10.1. The Morgan fingerprint density at radius 3 is 2.41 bits per heavy atom. The van der Waals surface area contributed by atoms with Gasteiger partial charge in [-0.3, -0.25) is 5.32 Å². The number of fused-ring (bicyclic) bond motifs is 1. The number of nitrogens with zero attached hydrogens (tertiary/aromatic N) is 1. The summed E-state index contributed by atoms with van der Waals surface area (Å²) in [7, 11) is 0. The van der Waals surface area contributed by atoms with Crippen LogP contribution in [0.3, 0.4) is 0 Å². The fraction of sp³-hybridized carbons (Fsp3) is 0.435. The van der Waals surface area contributed by atoms with Gasteiger partial charge in [0.05, 0.1) is 5.69 Å². The van der Waals surface area contributed by atoms with Gasteiger partial charge in [-0.15, -0.1) is 0 Å². The van der Waals surface area contributed by atoms with Gasteiger partial charge in [0.1, 0.15) is 6.10 Å². The zero-order chi connectivity index (χ0) is 18.6. The Balaban J connectivity index is 1.35. The highest BCUT2D eigenvalue weighted by Gasteiger charge is 2.42. The van der Waals surface area contributed by atoms with E-state index < -0.39 is 0 Å². The molecule has 1 saturated heterocycles. The number of anilines is 1. The van der Waals surface area contributed by atoms with Gasteiger partial charge in [-0.1, -0.05) is 55.5 Å². The van der Waals surface area contributed by atoms with Crippen molar-refractivity contribution in [3.8, 4) is 11.1 Å². The van der Waals surface area contributed by atoms with E-state index in [9.17, 15) is 4.79 Å². The molecule has 0 radical (unpaired) electrons. The molecule has 2 unspecified atom stereocenters. The number of para-hydroxylation sites is 1. The Morgan fingerprint density at radius 1 is 1.04 bits per heavy atom. The third kappa shape index (κ3) is 4.16. The molecule has 2 fully saturated rings. The van der Waals surface area contributed by atoms with Crippen LogP contribution < -0.4 is 5.32 Å². The van der Waals surface area contributed by atoms with E-state index in [1.165, 1.54) is 13.0 Å². The van der Waals surface area contributed by atoms with E-state index in [0.717, 1.165) is 42.7 Å². The molecule has 1 N–H and O–H groups in total. The first kappa shape index (κ1) is 18.1. The highest BCUT2D eigenvalue weighted by molar-refractivity contribution is 5.91. The Morgan fingerprint density at radius 2 is 1.70 bits per heavy atom. The third-order valence-electron chi connectivity index (χ3n) is 5.85. The largest absolute Gasteiger partial charge is 0.446 e. The van der Waals surface area contributed by atoms with Crippen LogP contribution in [0.25, 0.3) is 11.1 Å². The number of carbonyl (C=O) groups is 1. The Bertz CT molecular complexity index is 763. The minimum absolute atomic E-state index is 0.0488. The van der Waals surface area contributed by atoms with Crippen molar-refractivity contribution < 1.29 is 9.53 Å². The summed E-state index contributed by atoms with van der Waals surface area (Å²) in [4.78, 5) is 15.1. The van der Waals surface area contributed by atoms with Gasteiger partial charge >= 0.3 is 6.09 Å². The van der Waals surface area contributed by atoms with Gasteiger partial charge in [0.15, 0.2) is 0 Å². The van der Waals surface area contributed by atoms with Crippen molar-refractivity contribution >= 4 is 11.8 Å². The van der Waals surface area contributed by atoms with Crippen molar-refractivity contribution in [2.24, 2.45) is 11.8 Å². The average Bonchev–Trinajstić information content (AvgIpc) is 3.21. The number of carbonyl (C=O) groups excluding carboxylic acids is 1. The molecule has 4 heteroatoms. The van der Waals surface area contributed by atoms with E-state index in [1.807, 2.05) is 54.6 Å². The number of benzene rings is 2. The molecule has 0 bridgehead atoms. The van der Waals surface area contributed by atoms with Gasteiger partial charge in [-0.2, -0.15) is 0 Å². The normalized spacial score (nSPS) is 24.6. The first-order chi connectivity index (χ1) is 13.2. The number of ether oxygens (including phenoxy) is 1. The predicted octanol–water partition coefficient (Wildman–Crippen LogP) is 5.02. The Hall–Kier alpha value is -2.33. The van der Waals surface area contributed by atoms with Crippen LogP contribution in [0.15, 0.2) is 54.6 Å². The van der Waals surface area contributed by atoms with Crippen LogP contribution in [0.2, 0.25) is 0 Å². The molecule has 1 aliphatic heterocycles. The maximum absolute atomic E-state index is 12.5. The van der Waals surface area contributed by atoms with E-state index >= 15 is 0 Å². The fourth-order valence-corrected chi connectivity index (χ4v) is 4.69. The maximum Gasteiger partial charge on any atom is 0.411 e. The molecule has 1 saturated carbocycles. The summed E-state index contributed by atoms with van der Waals surface area (Å²) in [5.74, 6) is 1.37. The van der Waals surface area contributed by atoms with Gasteiger partial charge in [-0.25, -0.2) is 4.79 Å². The summed E-state index contributed by atoms with van der Waals surface area (Å²) in [6.45, 7) is 5.75. The lowest BCUT2D eigenvalue weighted by Crippen LogP contribution is -2.26. The topological polar surface area (TPSA) is 41.6 Å². The van der Waals surface area contributed by atoms with Crippen LogP contribution in [0, 0.1) is 11.8 Å². The van der Waals surface area contributed by atoms with Crippen LogP contribution in [0.1, 0.15) is 26.2 Å². The van der Waals surface area contributed by atoms with Crippen LogP contribution in [-0.2, 0) is 4.74 Å². The van der Waals surface area contributed by atoms with Gasteiger partial charge in [-0.05, 0) is 49.3 Å². The highest BCUT2D eigenvalue weighted by Crippen LogP contribution is 2.39. The van der Waals surface area contributed by atoms with E-state index in [1.54, 1.807) is 0 Å². The molecule has 2 aromatic carbocycles. The quantitative estimate of drug-likeness (QED) is 0.810. The third-order valence-corrected chi connectivity index (χ3v) is 5.85. The van der Waals surface area contributed by atoms with Gasteiger partial charge in [0.2, 0.25) is 0 Å². The van der Waals surface area contributed by atoms with Crippen molar-refractivity contribution in [2.75, 3.05) is 25.0 Å². The van der Waals surface area contributed by atoms with Crippen LogP contribution in [-0.4, -0.2) is 36.7 Å². The van der Waals surface area contributed by atoms with Crippen molar-refractivity contribution in [3.63, 3.8) is 0 Å². The number of rotatable bonds is 5. The zero-order valence-electron chi connectivity index (χ0n) is 15.9. The van der Waals surface area contributed by atoms with Gasteiger partial charge in [0.25, 0.3) is 0 Å². The molecule has 142 valence electrons. The molecule has 27 heavy (non-hydrogen) atoms. The fourth-order valence-electron chi connectivity index (χ4n) is 4.69. The lowest BCUT2D eigenvalue weighted by atomic mass is 10.0. The number of hydrogen-bond acceptors (Lipinski definition) is 3. The van der Waals surface area contributed by atoms with Crippen molar-refractivity contribution in [1.82, 2.24) is 4.90 Å². The molecular formula is C23H28N2O2. The summed E-state index contributed by atoms with van der Waals surface area (Å²) in [5.41, 5.74) is 2.88. The second-order valence-electron chi connectivity index (χ2n) is 7.82. The van der Waals surface area contributed by atoms with E-state index in [-0.39, 0.29) is 12.2 Å². The van der Waals surface area contributed by atoms with Crippen LogP contribution in [0.5, 0.6) is 0 Å². The standard InChI is InChI=1S/C23H28N2O2/c1-2-12-25-15-18-13-20(14-19(18)16-25)27-23(26)24-22-11-7-6-10-21(22)17-8-4-3-5-9-17/h3-11,18-20H,2,12-16H2,1H3,(H,24,26). The molecular weight excluding hydrogens is 336 g/mol. The lowest BCUT2D eigenvalue weighted by molar-refractivity contribution is 0.106. The second-order valence-corrected chi connectivity index (χ2v) is 7.82. The molecule has 4 nitrogen and oxygen atoms in total. The van der Waals surface area contributed by atoms with Crippen molar-refractivity contribution in [2.45, 2.75) is 32.3 Å². The monoisotopic (exact) mass is 364 g/mol. The molecule has 1 amide bonds. The number of nitrogens with one attached hydrogen (secondary N) is 1. The number of likely N-dealkylation sites (tertiary alicyclic amines) is 1. The summed E-state index contributed by atoms with van der Waals surface area (Å²) in [5, 5.41) is 2.96. The van der Waals surface area contributed by atoms with Gasteiger partial charge in [0, 0.05) is 18.7 Å². The molecule has 2 atom stereocenters. The molecule has 2 aliphatic rings. The molecule has 0 spiro atoms.